The molecule has 0 aliphatic carbocycles. The van der Waals surface area contributed by atoms with Crippen LogP contribution in [0.4, 0.5) is 4.39 Å². The van der Waals surface area contributed by atoms with Gasteiger partial charge in [-0.3, -0.25) is 4.39 Å². The van der Waals surface area contributed by atoms with E-state index in [9.17, 15) is 4.39 Å². The van der Waals surface area contributed by atoms with Crippen LogP contribution in [0.1, 0.15) is 24.8 Å². The molecule has 0 aromatic heterocycles. The van der Waals surface area contributed by atoms with Crippen molar-refractivity contribution < 1.29 is 4.39 Å². The fourth-order valence-electron chi connectivity index (χ4n) is 1.90. The lowest BCUT2D eigenvalue weighted by Gasteiger charge is -2.11. The maximum absolute atomic E-state index is 12.7. The van der Waals surface area contributed by atoms with Gasteiger partial charge >= 0.3 is 0 Å². The van der Waals surface area contributed by atoms with E-state index in [-0.39, 0.29) is 12.6 Å². The minimum atomic E-state index is -0.269. The van der Waals surface area contributed by atoms with Crippen LogP contribution in [0.2, 0.25) is 0 Å². The monoisotopic (exact) mass is 202 g/mol. The van der Waals surface area contributed by atoms with Crippen LogP contribution < -0.4 is 0 Å². The van der Waals surface area contributed by atoms with Crippen molar-refractivity contribution in [2.45, 2.75) is 19.3 Å². The zero-order valence-corrected chi connectivity index (χ0v) is 8.91. The Kier molecular flexibility index (Phi) is 3.00. The van der Waals surface area contributed by atoms with Gasteiger partial charge in [-0.05, 0) is 22.8 Å². The van der Waals surface area contributed by atoms with Crippen LogP contribution in [0, 0.1) is 0 Å². The van der Waals surface area contributed by atoms with Crippen molar-refractivity contribution in [2.75, 3.05) is 6.67 Å². The molecule has 1 heteroatoms. The number of rotatable bonds is 3. The van der Waals surface area contributed by atoms with Crippen LogP contribution >= 0.6 is 0 Å². The van der Waals surface area contributed by atoms with E-state index < -0.39 is 0 Å². The zero-order valence-electron chi connectivity index (χ0n) is 8.91. The van der Waals surface area contributed by atoms with E-state index in [1.807, 2.05) is 25.1 Å². The first-order valence-corrected chi connectivity index (χ1v) is 5.39. The minimum absolute atomic E-state index is 0.0506. The Bertz CT molecular complexity index is 444. The summed E-state index contributed by atoms with van der Waals surface area (Å²) in [7, 11) is 0. The van der Waals surface area contributed by atoms with Crippen LogP contribution in [-0.2, 0) is 0 Å². The summed E-state index contributed by atoms with van der Waals surface area (Å²) in [5, 5.41) is 2.41. The standard InChI is InChI=1S/C14H15F/c1-2-11(10-15)14-8-7-12-5-3-4-6-13(12)9-14/h3-9,11H,2,10H2,1H3. The van der Waals surface area contributed by atoms with Gasteiger partial charge in [0, 0.05) is 5.92 Å². The highest BCUT2D eigenvalue weighted by Gasteiger charge is 2.08. The molecule has 0 N–H and O–H groups in total. The number of benzene rings is 2. The number of hydrogen-bond acceptors (Lipinski definition) is 0. The summed E-state index contributed by atoms with van der Waals surface area (Å²) in [6.45, 7) is 1.76. The van der Waals surface area contributed by atoms with E-state index >= 15 is 0 Å². The molecule has 0 aliphatic heterocycles. The summed E-state index contributed by atoms with van der Waals surface area (Å²) in [5.74, 6) is 0.0506. The molecule has 0 fully saturated rings. The van der Waals surface area contributed by atoms with Crippen molar-refractivity contribution in [3.8, 4) is 0 Å². The largest absolute Gasteiger partial charge is 0.250 e. The second-order valence-electron chi connectivity index (χ2n) is 3.87. The van der Waals surface area contributed by atoms with Crippen molar-refractivity contribution >= 4 is 10.8 Å². The zero-order chi connectivity index (χ0) is 10.7. The summed E-state index contributed by atoms with van der Waals surface area (Å²) < 4.78 is 12.7. The normalized spacial score (nSPS) is 12.9. The number of halogens is 1. The average Bonchev–Trinajstić information content (AvgIpc) is 2.30. The van der Waals surface area contributed by atoms with Crippen molar-refractivity contribution in [2.24, 2.45) is 0 Å². The topological polar surface area (TPSA) is 0 Å². The van der Waals surface area contributed by atoms with Crippen molar-refractivity contribution in [3.05, 3.63) is 48.0 Å². The Hall–Kier alpha value is -1.37. The second-order valence-corrected chi connectivity index (χ2v) is 3.87. The lowest BCUT2D eigenvalue weighted by atomic mass is 9.95. The van der Waals surface area contributed by atoms with Gasteiger partial charge in [-0.15, -0.1) is 0 Å². The quantitative estimate of drug-likeness (QED) is 0.696. The van der Waals surface area contributed by atoms with Gasteiger partial charge in [0.05, 0.1) is 6.67 Å². The van der Waals surface area contributed by atoms with Gasteiger partial charge in [0.15, 0.2) is 0 Å². The summed E-state index contributed by atoms with van der Waals surface area (Å²) in [5.41, 5.74) is 1.11. The van der Waals surface area contributed by atoms with Gasteiger partial charge in [-0.25, -0.2) is 0 Å². The highest BCUT2D eigenvalue weighted by Crippen LogP contribution is 2.24. The molecule has 0 aliphatic rings. The maximum Gasteiger partial charge on any atom is 0.0962 e. The molecule has 0 amide bonds. The summed E-state index contributed by atoms with van der Waals surface area (Å²) in [6.07, 6.45) is 0.856. The van der Waals surface area contributed by atoms with E-state index in [1.54, 1.807) is 0 Å². The SMILES string of the molecule is CCC(CF)c1ccc2ccccc2c1. The fourth-order valence-corrected chi connectivity index (χ4v) is 1.90. The molecule has 0 heterocycles. The lowest BCUT2D eigenvalue weighted by molar-refractivity contribution is 0.423. The molecule has 2 aromatic rings. The smallest absolute Gasteiger partial charge is 0.0962 e. The molecule has 1 atom stereocenters. The average molecular weight is 202 g/mol. The maximum atomic E-state index is 12.7. The predicted molar refractivity (Wildman–Crippen MR) is 63.0 cm³/mol. The van der Waals surface area contributed by atoms with Crippen LogP contribution in [0.3, 0.4) is 0 Å². The molecule has 0 saturated carbocycles. The Morgan fingerprint density at radius 1 is 1.07 bits per heavy atom. The lowest BCUT2D eigenvalue weighted by Crippen LogP contribution is -1.98. The van der Waals surface area contributed by atoms with Crippen LogP contribution in [0.5, 0.6) is 0 Å². The molecule has 78 valence electrons. The van der Waals surface area contributed by atoms with Crippen LogP contribution in [0.25, 0.3) is 10.8 Å². The number of alkyl halides is 1. The highest BCUT2D eigenvalue weighted by molar-refractivity contribution is 5.83. The third-order valence-electron chi connectivity index (χ3n) is 2.92. The molecule has 2 rings (SSSR count). The van der Waals surface area contributed by atoms with Crippen LogP contribution in [0.15, 0.2) is 42.5 Å². The predicted octanol–water partition coefficient (Wildman–Crippen LogP) is 4.30. The van der Waals surface area contributed by atoms with E-state index in [4.69, 9.17) is 0 Å². The van der Waals surface area contributed by atoms with Crippen molar-refractivity contribution in [1.82, 2.24) is 0 Å². The molecule has 0 bridgehead atoms. The first-order valence-electron chi connectivity index (χ1n) is 5.39. The number of fused-ring (bicyclic) bond motifs is 1. The molecule has 0 spiro atoms. The van der Waals surface area contributed by atoms with Gasteiger partial charge in [-0.2, -0.15) is 0 Å². The van der Waals surface area contributed by atoms with Crippen LogP contribution in [-0.4, -0.2) is 6.67 Å². The Morgan fingerprint density at radius 2 is 1.80 bits per heavy atom. The van der Waals surface area contributed by atoms with Gasteiger partial charge in [0.25, 0.3) is 0 Å². The van der Waals surface area contributed by atoms with Gasteiger partial charge in [0.1, 0.15) is 0 Å². The van der Waals surface area contributed by atoms with Crippen molar-refractivity contribution in [3.63, 3.8) is 0 Å². The van der Waals surface area contributed by atoms with E-state index in [0.717, 1.165) is 12.0 Å². The fraction of sp³-hybridized carbons (Fsp3) is 0.286. The molecular formula is C14H15F. The van der Waals surface area contributed by atoms with E-state index in [2.05, 4.69) is 24.3 Å². The molecule has 2 aromatic carbocycles. The molecule has 1 unspecified atom stereocenters. The highest BCUT2D eigenvalue weighted by atomic mass is 19.1. The summed E-state index contributed by atoms with van der Waals surface area (Å²) in [6, 6.07) is 14.4. The molecule has 0 nitrogen and oxygen atoms in total. The van der Waals surface area contributed by atoms with E-state index in [0.29, 0.717) is 0 Å². The van der Waals surface area contributed by atoms with Gasteiger partial charge in [0.2, 0.25) is 0 Å². The van der Waals surface area contributed by atoms with Crippen molar-refractivity contribution in [1.29, 1.82) is 0 Å². The molecular weight excluding hydrogens is 187 g/mol. The molecule has 15 heavy (non-hydrogen) atoms. The third kappa shape index (κ3) is 2.01. The molecule has 0 radical (unpaired) electrons. The third-order valence-corrected chi connectivity index (χ3v) is 2.92. The summed E-state index contributed by atoms with van der Waals surface area (Å²) in [4.78, 5) is 0. The first-order chi connectivity index (χ1) is 7.35. The van der Waals surface area contributed by atoms with Gasteiger partial charge < -0.3 is 0 Å². The summed E-state index contributed by atoms with van der Waals surface area (Å²) >= 11 is 0. The Labute approximate surface area is 89.7 Å². The first kappa shape index (κ1) is 10.2. The number of hydrogen-bond donors (Lipinski definition) is 0. The Morgan fingerprint density at radius 3 is 2.47 bits per heavy atom. The minimum Gasteiger partial charge on any atom is -0.250 e. The second kappa shape index (κ2) is 4.43. The Balaban J connectivity index is 2.46. The molecule has 0 saturated heterocycles. The van der Waals surface area contributed by atoms with Gasteiger partial charge in [-0.1, -0.05) is 49.4 Å². The van der Waals surface area contributed by atoms with E-state index in [1.165, 1.54) is 10.8 Å².